The number of rotatable bonds is 5. The van der Waals surface area contributed by atoms with Gasteiger partial charge in [0.2, 0.25) is 0 Å². The Morgan fingerprint density at radius 2 is 1.75 bits per heavy atom. The second-order valence-corrected chi connectivity index (χ2v) is 5.54. The van der Waals surface area contributed by atoms with Gasteiger partial charge in [0.05, 0.1) is 0 Å². The number of nitrogens with one attached hydrogen (secondary N) is 1. The van der Waals surface area contributed by atoms with Gasteiger partial charge in [-0.25, -0.2) is 0 Å². The van der Waals surface area contributed by atoms with Crippen LogP contribution in [0.15, 0.2) is 0 Å². The highest BCUT2D eigenvalue weighted by Gasteiger charge is 2.35. The molecule has 2 heteroatoms. The summed E-state index contributed by atoms with van der Waals surface area (Å²) in [6.45, 7) is 15.3. The lowest BCUT2D eigenvalue weighted by atomic mass is 9.86. The van der Waals surface area contributed by atoms with Crippen LogP contribution in [0.3, 0.4) is 0 Å². The number of hydrogen-bond donors (Lipinski definition) is 1. The predicted molar refractivity (Wildman–Crippen MR) is 71.8 cm³/mol. The molecule has 0 aromatic rings. The van der Waals surface area contributed by atoms with Crippen LogP contribution in [0, 0.1) is 5.92 Å². The molecule has 2 nitrogen and oxygen atoms in total. The first-order valence-electron chi connectivity index (χ1n) is 7.08. The fourth-order valence-corrected chi connectivity index (χ4v) is 3.08. The summed E-state index contributed by atoms with van der Waals surface area (Å²) in [5.74, 6) is 0.742. The van der Waals surface area contributed by atoms with E-state index in [1.165, 1.54) is 32.4 Å². The van der Waals surface area contributed by atoms with Crippen molar-refractivity contribution >= 4 is 0 Å². The molecule has 1 fully saturated rings. The minimum absolute atomic E-state index is 0.454. The minimum atomic E-state index is 0.454. The van der Waals surface area contributed by atoms with E-state index >= 15 is 0 Å². The molecule has 0 radical (unpaired) electrons. The molecule has 96 valence electrons. The van der Waals surface area contributed by atoms with Gasteiger partial charge in [-0.15, -0.1) is 0 Å². The molecule has 1 aliphatic heterocycles. The molecule has 1 rings (SSSR count). The molecule has 1 N–H and O–H groups in total. The van der Waals surface area contributed by atoms with Crippen LogP contribution in [0.5, 0.6) is 0 Å². The third kappa shape index (κ3) is 2.78. The zero-order valence-electron chi connectivity index (χ0n) is 11.8. The summed E-state index contributed by atoms with van der Waals surface area (Å²) in [6.07, 6.45) is 3.85. The molecule has 1 saturated heterocycles. The normalized spacial score (nSPS) is 24.0. The van der Waals surface area contributed by atoms with Crippen molar-refractivity contribution in [1.82, 2.24) is 10.2 Å². The molecule has 1 heterocycles. The monoisotopic (exact) mass is 226 g/mol. The first kappa shape index (κ1) is 14.0. The number of nitrogens with zero attached hydrogens (tertiary/aromatic N) is 1. The molecule has 0 aromatic carbocycles. The molecule has 16 heavy (non-hydrogen) atoms. The molecule has 0 aliphatic carbocycles. The molecule has 0 amide bonds. The van der Waals surface area contributed by atoms with Crippen molar-refractivity contribution in [1.29, 1.82) is 0 Å². The van der Waals surface area contributed by atoms with Crippen LogP contribution in [0.2, 0.25) is 0 Å². The van der Waals surface area contributed by atoms with Gasteiger partial charge in [-0.2, -0.15) is 0 Å². The van der Waals surface area contributed by atoms with Crippen molar-refractivity contribution in [2.75, 3.05) is 19.6 Å². The Bertz CT molecular complexity index is 189. The van der Waals surface area contributed by atoms with E-state index in [1.807, 2.05) is 0 Å². The van der Waals surface area contributed by atoms with Crippen LogP contribution < -0.4 is 5.32 Å². The van der Waals surface area contributed by atoms with Gasteiger partial charge in [0.1, 0.15) is 0 Å². The first-order valence-corrected chi connectivity index (χ1v) is 7.08. The highest BCUT2D eigenvalue weighted by atomic mass is 15.3. The van der Waals surface area contributed by atoms with Crippen molar-refractivity contribution in [3.8, 4) is 0 Å². The van der Waals surface area contributed by atoms with Gasteiger partial charge in [-0.3, -0.25) is 4.90 Å². The lowest BCUT2D eigenvalue weighted by molar-refractivity contribution is 0.0369. The number of hydrogen-bond acceptors (Lipinski definition) is 2. The zero-order valence-corrected chi connectivity index (χ0v) is 11.8. The summed E-state index contributed by atoms with van der Waals surface area (Å²) in [6, 6.07) is 0.678. The molecule has 0 bridgehead atoms. The summed E-state index contributed by atoms with van der Waals surface area (Å²) in [7, 11) is 0. The van der Waals surface area contributed by atoms with Gasteiger partial charge in [0.15, 0.2) is 0 Å². The summed E-state index contributed by atoms with van der Waals surface area (Å²) < 4.78 is 0. The molecule has 0 saturated carbocycles. The third-order valence-electron chi connectivity index (χ3n) is 4.66. The van der Waals surface area contributed by atoms with Crippen molar-refractivity contribution in [3.05, 3.63) is 0 Å². The summed E-state index contributed by atoms with van der Waals surface area (Å²) >= 11 is 0. The standard InChI is InChI=1S/C14H30N2/c1-6-14(7-2,8-3)16-10-9-15-13(11-16)12(4)5/h12-13,15H,6-11H2,1-5H3. The van der Waals surface area contributed by atoms with Gasteiger partial charge in [0, 0.05) is 31.2 Å². The summed E-state index contributed by atoms with van der Waals surface area (Å²) in [5, 5.41) is 3.65. The van der Waals surface area contributed by atoms with Crippen LogP contribution in [0.1, 0.15) is 53.9 Å². The van der Waals surface area contributed by atoms with Crippen molar-refractivity contribution in [3.63, 3.8) is 0 Å². The lowest BCUT2D eigenvalue weighted by Crippen LogP contribution is -2.60. The van der Waals surface area contributed by atoms with Crippen LogP contribution in [-0.2, 0) is 0 Å². The van der Waals surface area contributed by atoms with E-state index in [1.54, 1.807) is 0 Å². The maximum atomic E-state index is 3.65. The van der Waals surface area contributed by atoms with Gasteiger partial charge in [-0.1, -0.05) is 34.6 Å². The Hall–Kier alpha value is -0.0800. The molecule has 1 aliphatic rings. The average molecular weight is 226 g/mol. The molecule has 0 spiro atoms. The quantitative estimate of drug-likeness (QED) is 0.775. The SMILES string of the molecule is CCC(CC)(CC)N1CCNC(C(C)C)C1. The van der Waals surface area contributed by atoms with Crippen molar-refractivity contribution in [2.24, 2.45) is 5.92 Å². The summed E-state index contributed by atoms with van der Waals surface area (Å²) in [5.41, 5.74) is 0.454. The molecule has 1 unspecified atom stereocenters. The van der Waals surface area contributed by atoms with Gasteiger partial charge >= 0.3 is 0 Å². The zero-order chi connectivity index (χ0) is 12.2. The molecule has 1 atom stereocenters. The first-order chi connectivity index (χ1) is 7.59. The van der Waals surface area contributed by atoms with Crippen LogP contribution in [0.4, 0.5) is 0 Å². The third-order valence-corrected chi connectivity index (χ3v) is 4.66. The van der Waals surface area contributed by atoms with E-state index in [2.05, 4.69) is 44.8 Å². The Kier molecular flexibility index (Phi) is 5.26. The van der Waals surface area contributed by atoms with Crippen LogP contribution in [0.25, 0.3) is 0 Å². The Labute approximate surface area is 102 Å². The second kappa shape index (κ2) is 6.02. The maximum absolute atomic E-state index is 3.65. The van der Waals surface area contributed by atoms with Gasteiger partial charge < -0.3 is 5.32 Å². The fraction of sp³-hybridized carbons (Fsp3) is 1.00. The van der Waals surface area contributed by atoms with Gasteiger partial charge in [-0.05, 0) is 25.2 Å². The molecule has 0 aromatic heterocycles. The van der Waals surface area contributed by atoms with E-state index in [4.69, 9.17) is 0 Å². The highest BCUT2D eigenvalue weighted by molar-refractivity contribution is 4.93. The van der Waals surface area contributed by atoms with Crippen molar-refractivity contribution in [2.45, 2.75) is 65.5 Å². The van der Waals surface area contributed by atoms with E-state index in [-0.39, 0.29) is 0 Å². The number of piperazine rings is 1. The second-order valence-electron chi connectivity index (χ2n) is 5.54. The largest absolute Gasteiger partial charge is 0.311 e. The Morgan fingerprint density at radius 3 is 2.19 bits per heavy atom. The van der Waals surface area contributed by atoms with E-state index in [9.17, 15) is 0 Å². The predicted octanol–water partition coefficient (Wildman–Crippen LogP) is 2.89. The topological polar surface area (TPSA) is 15.3 Å². The summed E-state index contributed by atoms with van der Waals surface area (Å²) in [4.78, 5) is 2.74. The van der Waals surface area contributed by atoms with E-state index in [0.717, 1.165) is 12.5 Å². The van der Waals surface area contributed by atoms with Crippen molar-refractivity contribution < 1.29 is 0 Å². The molecular formula is C14H30N2. The van der Waals surface area contributed by atoms with E-state index < -0.39 is 0 Å². The van der Waals surface area contributed by atoms with E-state index in [0.29, 0.717) is 11.6 Å². The highest BCUT2D eigenvalue weighted by Crippen LogP contribution is 2.29. The van der Waals surface area contributed by atoms with Crippen LogP contribution in [-0.4, -0.2) is 36.1 Å². The molecular weight excluding hydrogens is 196 g/mol. The maximum Gasteiger partial charge on any atom is 0.0218 e. The van der Waals surface area contributed by atoms with Gasteiger partial charge in [0.25, 0.3) is 0 Å². The Morgan fingerprint density at radius 1 is 1.19 bits per heavy atom. The average Bonchev–Trinajstić information content (AvgIpc) is 2.32. The smallest absolute Gasteiger partial charge is 0.0218 e. The fourth-order valence-electron chi connectivity index (χ4n) is 3.08. The lowest BCUT2D eigenvalue weighted by Gasteiger charge is -2.48. The van der Waals surface area contributed by atoms with Crippen LogP contribution >= 0.6 is 0 Å². The minimum Gasteiger partial charge on any atom is -0.311 e. The Balaban J connectivity index is 2.70.